The summed E-state index contributed by atoms with van der Waals surface area (Å²) in [6.07, 6.45) is 2.52. The van der Waals surface area contributed by atoms with E-state index >= 15 is 0 Å². The van der Waals surface area contributed by atoms with Crippen molar-refractivity contribution < 1.29 is 4.79 Å². The van der Waals surface area contributed by atoms with Crippen LogP contribution in [0.1, 0.15) is 58.6 Å². The zero-order valence-corrected chi connectivity index (χ0v) is 18.3. The quantitative estimate of drug-likeness (QED) is 0.536. The summed E-state index contributed by atoms with van der Waals surface area (Å²) in [6, 6.07) is 16.6. The topological polar surface area (TPSA) is 51.0 Å². The van der Waals surface area contributed by atoms with Crippen LogP contribution in [0.5, 0.6) is 0 Å². The van der Waals surface area contributed by atoms with Crippen molar-refractivity contribution in [2.24, 2.45) is 5.92 Å². The minimum atomic E-state index is 0.164. The number of anilines is 1. The van der Waals surface area contributed by atoms with E-state index < -0.39 is 0 Å². The summed E-state index contributed by atoms with van der Waals surface area (Å²) in [5, 5.41) is 9.05. The molecule has 30 heavy (non-hydrogen) atoms. The number of fused-ring (bicyclic) bond motifs is 5. The molecular weight excluding hydrogens is 372 g/mol. The summed E-state index contributed by atoms with van der Waals surface area (Å²) < 4.78 is 1.99. The molecule has 0 saturated heterocycles. The molecule has 0 fully saturated rings. The molecule has 0 radical (unpaired) electrons. The van der Waals surface area contributed by atoms with E-state index in [1.165, 1.54) is 0 Å². The van der Waals surface area contributed by atoms with Crippen molar-refractivity contribution in [1.29, 1.82) is 0 Å². The minimum Gasteiger partial charge on any atom is -0.307 e. The number of rotatable bonds is 5. The molecule has 0 aliphatic carbocycles. The predicted octanol–water partition coefficient (Wildman–Crippen LogP) is 5.87. The van der Waals surface area contributed by atoms with Gasteiger partial charge in [-0.3, -0.25) is 4.79 Å². The molecular formula is C25H30N4O. The van der Waals surface area contributed by atoms with Crippen molar-refractivity contribution in [1.82, 2.24) is 15.0 Å². The molecule has 0 unspecified atom stereocenters. The molecule has 2 heterocycles. The van der Waals surface area contributed by atoms with Gasteiger partial charge in [0.2, 0.25) is 5.91 Å². The molecule has 5 heteroatoms. The molecule has 1 amide bonds. The first-order chi connectivity index (χ1) is 14.5. The van der Waals surface area contributed by atoms with Crippen molar-refractivity contribution in [2.75, 3.05) is 4.90 Å². The van der Waals surface area contributed by atoms with Crippen molar-refractivity contribution in [3.8, 4) is 22.5 Å². The third-order valence-corrected chi connectivity index (χ3v) is 5.71. The number of nitrogens with zero attached hydrogens (tertiary/aromatic N) is 4. The Kier molecular flexibility index (Phi) is 5.71. The molecule has 1 aromatic heterocycles. The van der Waals surface area contributed by atoms with E-state index in [4.69, 9.17) is 0 Å². The molecule has 1 aliphatic rings. The van der Waals surface area contributed by atoms with Crippen LogP contribution in [-0.4, -0.2) is 20.9 Å². The Labute approximate surface area is 178 Å². The smallest absolute Gasteiger partial charge is 0.227 e. The number of hydrogen-bond acceptors (Lipinski definition) is 3. The molecule has 0 N–H and O–H groups in total. The van der Waals surface area contributed by atoms with E-state index in [0.29, 0.717) is 18.9 Å². The predicted molar refractivity (Wildman–Crippen MR) is 121 cm³/mol. The number of aromatic nitrogens is 3. The number of hydrogen-bond donors (Lipinski definition) is 0. The Hall–Kier alpha value is -2.95. The third-order valence-electron chi connectivity index (χ3n) is 5.71. The van der Waals surface area contributed by atoms with Crippen molar-refractivity contribution in [2.45, 2.75) is 59.5 Å². The molecule has 4 rings (SSSR count). The van der Waals surface area contributed by atoms with Gasteiger partial charge in [0.1, 0.15) is 5.69 Å². The number of para-hydroxylation sites is 1. The van der Waals surface area contributed by atoms with Crippen LogP contribution in [0, 0.1) is 5.92 Å². The van der Waals surface area contributed by atoms with E-state index in [9.17, 15) is 4.79 Å². The van der Waals surface area contributed by atoms with Gasteiger partial charge in [-0.1, -0.05) is 67.9 Å². The van der Waals surface area contributed by atoms with Crippen molar-refractivity contribution in [3.63, 3.8) is 0 Å². The lowest BCUT2D eigenvalue weighted by molar-refractivity contribution is -0.118. The Bertz CT molecular complexity index is 1050. The summed E-state index contributed by atoms with van der Waals surface area (Å²) in [4.78, 5) is 15.3. The summed E-state index contributed by atoms with van der Waals surface area (Å²) >= 11 is 0. The zero-order chi connectivity index (χ0) is 21.3. The van der Waals surface area contributed by atoms with Crippen molar-refractivity contribution in [3.05, 3.63) is 54.1 Å². The van der Waals surface area contributed by atoms with Gasteiger partial charge in [-0.05, 0) is 37.8 Å². The highest BCUT2D eigenvalue weighted by Crippen LogP contribution is 2.41. The summed E-state index contributed by atoms with van der Waals surface area (Å²) in [7, 11) is 0. The molecule has 0 spiro atoms. The third kappa shape index (κ3) is 3.76. The van der Waals surface area contributed by atoms with Gasteiger partial charge in [-0.2, -0.15) is 0 Å². The number of carbonyl (C=O) groups excluding carboxylic acids is 1. The largest absolute Gasteiger partial charge is 0.307 e. The summed E-state index contributed by atoms with van der Waals surface area (Å²) in [6.45, 7) is 9.19. The lowest BCUT2D eigenvalue weighted by Gasteiger charge is -2.29. The van der Waals surface area contributed by atoms with E-state index in [2.05, 4.69) is 56.2 Å². The maximum atomic E-state index is 13.3. The van der Waals surface area contributed by atoms with Crippen LogP contribution in [0.4, 0.5) is 5.69 Å². The van der Waals surface area contributed by atoms with Crippen LogP contribution in [0.2, 0.25) is 0 Å². The van der Waals surface area contributed by atoms with Crippen LogP contribution in [0.3, 0.4) is 0 Å². The number of carbonyl (C=O) groups is 1. The van der Waals surface area contributed by atoms with Gasteiger partial charge in [-0.25, -0.2) is 4.68 Å². The van der Waals surface area contributed by atoms with Gasteiger partial charge in [0.15, 0.2) is 0 Å². The number of amides is 1. The lowest BCUT2D eigenvalue weighted by atomic mass is 9.95. The van der Waals surface area contributed by atoms with Gasteiger partial charge in [0, 0.05) is 23.6 Å². The zero-order valence-electron chi connectivity index (χ0n) is 18.3. The molecule has 5 nitrogen and oxygen atoms in total. The minimum absolute atomic E-state index is 0.164. The Balaban J connectivity index is 1.86. The van der Waals surface area contributed by atoms with Crippen molar-refractivity contribution >= 4 is 11.6 Å². The highest BCUT2D eigenvalue weighted by molar-refractivity contribution is 6.00. The molecule has 0 saturated carbocycles. The molecule has 1 aliphatic heterocycles. The first-order valence-corrected chi connectivity index (χ1v) is 10.9. The van der Waals surface area contributed by atoms with E-state index in [0.717, 1.165) is 46.6 Å². The first kappa shape index (κ1) is 20.3. The van der Waals surface area contributed by atoms with E-state index in [1.807, 2.05) is 39.9 Å². The van der Waals surface area contributed by atoms with Gasteiger partial charge < -0.3 is 4.90 Å². The fraction of sp³-hybridized carbons (Fsp3) is 0.400. The molecule has 156 valence electrons. The molecule has 2 aromatic carbocycles. The Morgan fingerprint density at radius 3 is 2.43 bits per heavy atom. The monoisotopic (exact) mass is 402 g/mol. The second kappa shape index (κ2) is 8.42. The van der Waals surface area contributed by atoms with Gasteiger partial charge in [0.25, 0.3) is 0 Å². The van der Waals surface area contributed by atoms with E-state index in [-0.39, 0.29) is 11.9 Å². The second-order valence-corrected chi connectivity index (χ2v) is 8.77. The maximum Gasteiger partial charge on any atom is 0.227 e. The highest BCUT2D eigenvalue weighted by Gasteiger charge is 2.29. The fourth-order valence-electron chi connectivity index (χ4n) is 4.16. The lowest BCUT2D eigenvalue weighted by Crippen LogP contribution is -2.31. The van der Waals surface area contributed by atoms with Gasteiger partial charge >= 0.3 is 0 Å². The normalized spacial score (nSPS) is 12.9. The average molecular weight is 403 g/mol. The van der Waals surface area contributed by atoms with Crippen LogP contribution >= 0.6 is 0 Å². The fourth-order valence-corrected chi connectivity index (χ4v) is 4.16. The van der Waals surface area contributed by atoms with Crippen LogP contribution < -0.4 is 4.90 Å². The highest BCUT2D eigenvalue weighted by atomic mass is 16.2. The number of benzene rings is 2. The average Bonchev–Trinajstić information content (AvgIpc) is 3.15. The summed E-state index contributed by atoms with van der Waals surface area (Å²) in [5.74, 6) is 0.768. The standard InChI is InChI=1S/C25H30N4O/c1-17(2)10-9-15-23(30)28-16-19-11-5-6-12-20(19)25-24(26-27-29(25)18(3)4)21-13-7-8-14-22(21)28/h5-8,11-14,17-18H,9-10,15-16H2,1-4H3. The first-order valence-electron chi connectivity index (χ1n) is 10.9. The molecule has 3 aromatic rings. The summed E-state index contributed by atoms with van der Waals surface area (Å²) in [5.41, 5.74) is 5.96. The Morgan fingerprint density at radius 2 is 1.70 bits per heavy atom. The van der Waals surface area contributed by atoms with Crippen LogP contribution in [-0.2, 0) is 11.3 Å². The van der Waals surface area contributed by atoms with E-state index in [1.54, 1.807) is 0 Å². The SMILES string of the molecule is CC(C)CCCC(=O)N1Cc2ccccc2-c2c(nnn2C(C)C)-c2ccccc21. The Morgan fingerprint density at radius 1 is 1.00 bits per heavy atom. The van der Waals surface area contributed by atoms with Gasteiger partial charge in [0.05, 0.1) is 17.9 Å². The van der Waals surface area contributed by atoms with Crippen LogP contribution in [0.15, 0.2) is 48.5 Å². The maximum absolute atomic E-state index is 13.3. The van der Waals surface area contributed by atoms with Gasteiger partial charge in [-0.15, -0.1) is 5.10 Å². The van der Waals surface area contributed by atoms with Crippen LogP contribution in [0.25, 0.3) is 22.5 Å². The second-order valence-electron chi connectivity index (χ2n) is 8.77. The molecule has 0 bridgehead atoms. The molecule has 0 atom stereocenters.